The van der Waals surface area contributed by atoms with Gasteiger partial charge in [0.15, 0.2) is 5.82 Å². The normalized spacial score (nSPS) is 14.8. The molecule has 4 heteroatoms. The molecule has 0 aliphatic heterocycles. The molecule has 1 aromatic carbocycles. The number of halogens is 1. The maximum atomic E-state index is 6.09. The standard InChI is InChI=1S/C16H18ClN3/c17-14-11-15(18-10-9-12-5-4-6-12)20-16(19-14)13-7-2-1-3-8-13/h1-3,7-8,11-12H,4-6,9-10H2,(H,18,19,20). The van der Waals surface area contributed by atoms with Crippen molar-refractivity contribution in [1.82, 2.24) is 9.97 Å². The Kier molecular flexibility index (Phi) is 4.16. The topological polar surface area (TPSA) is 37.8 Å². The van der Waals surface area contributed by atoms with Crippen LogP contribution in [-0.4, -0.2) is 16.5 Å². The second-order valence-corrected chi connectivity index (χ2v) is 5.67. The molecule has 0 radical (unpaired) electrons. The Morgan fingerprint density at radius 3 is 2.65 bits per heavy atom. The van der Waals surface area contributed by atoms with Gasteiger partial charge in [0, 0.05) is 18.2 Å². The number of nitrogens with zero attached hydrogens (tertiary/aromatic N) is 2. The van der Waals surface area contributed by atoms with E-state index in [1.54, 1.807) is 6.07 Å². The Balaban J connectivity index is 1.69. The van der Waals surface area contributed by atoms with Crippen LogP contribution in [0.2, 0.25) is 5.15 Å². The molecule has 1 fully saturated rings. The lowest BCUT2D eigenvalue weighted by molar-refractivity contribution is 0.303. The molecule has 0 amide bonds. The molecular formula is C16H18ClN3. The first-order valence-electron chi connectivity index (χ1n) is 7.15. The second-order valence-electron chi connectivity index (χ2n) is 5.28. The highest BCUT2D eigenvalue weighted by Crippen LogP contribution is 2.29. The lowest BCUT2D eigenvalue weighted by Crippen LogP contribution is -2.16. The first kappa shape index (κ1) is 13.4. The zero-order valence-corrected chi connectivity index (χ0v) is 12.1. The fourth-order valence-corrected chi connectivity index (χ4v) is 2.59. The van der Waals surface area contributed by atoms with E-state index in [0.29, 0.717) is 11.0 Å². The van der Waals surface area contributed by atoms with Crippen molar-refractivity contribution in [2.75, 3.05) is 11.9 Å². The molecule has 1 aromatic heterocycles. The summed E-state index contributed by atoms with van der Waals surface area (Å²) >= 11 is 6.09. The van der Waals surface area contributed by atoms with Crippen LogP contribution in [0.15, 0.2) is 36.4 Å². The summed E-state index contributed by atoms with van der Waals surface area (Å²) in [6.07, 6.45) is 5.35. The van der Waals surface area contributed by atoms with Crippen molar-refractivity contribution in [3.63, 3.8) is 0 Å². The quantitative estimate of drug-likeness (QED) is 0.828. The molecule has 3 nitrogen and oxygen atoms in total. The van der Waals surface area contributed by atoms with E-state index in [4.69, 9.17) is 11.6 Å². The number of nitrogens with one attached hydrogen (secondary N) is 1. The maximum Gasteiger partial charge on any atom is 0.163 e. The molecule has 0 bridgehead atoms. The van der Waals surface area contributed by atoms with Crippen molar-refractivity contribution in [1.29, 1.82) is 0 Å². The summed E-state index contributed by atoms with van der Waals surface area (Å²) in [5.74, 6) is 2.38. The third-order valence-corrected chi connectivity index (χ3v) is 4.00. The first-order chi connectivity index (χ1) is 9.81. The number of anilines is 1. The Bertz CT molecular complexity index is 567. The van der Waals surface area contributed by atoms with Crippen molar-refractivity contribution >= 4 is 17.4 Å². The summed E-state index contributed by atoms with van der Waals surface area (Å²) in [5, 5.41) is 3.84. The van der Waals surface area contributed by atoms with Gasteiger partial charge >= 0.3 is 0 Å². The zero-order valence-electron chi connectivity index (χ0n) is 11.3. The number of hydrogen-bond acceptors (Lipinski definition) is 3. The largest absolute Gasteiger partial charge is 0.370 e. The predicted molar refractivity (Wildman–Crippen MR) is 82.9 cm³/mol. The van der Waals surface area contributed by atoms with Crippen LogP contribution in [0.25, 0.3) is 11.4 Å². The lowest BCUT2D eigenvalue weighted by atomic mass is 9.83. The minimum absolute atomic E-state index is 0.477. The molecule has 1 aliphatic carbocycles. The number of rotatable bonds is 5. The summed E-state index contributed by atoms with van der Waals surface area (Å²) in [6.45, 7) is 0.951. The molecule has 0 spiro atoms. The van der Waals surface area contributed by atoms with Crippen LogP contribution in [0.4, 0.5) is 5.82 Å². The highest BCUT2D eigenvalue weighted by molar-refractivity contribution is 6.29. The van der Waals surface area contributed by atoms with Gasteiger partial charge in [-0.2, -0.15) is 0 Å². The molecule has 1 saturated carbocycles. The molecule has 0 atom stereocenters. The fraction of sp³-hybridized carbons (Fsp3) is 0.375. The minimum atomic E-state index is 0.477. The van der Waals surface area contributed by atoms with E-state index in [-0.39, 0.29) is 0 Å². The van der Waals surface area contributed by atoms with E-state index in [9.17, 15) is 0 Å². The Hall–Kier alpha value is -1.61. The van der Waals surface area contributed by atoms with Crippen LogP contribution in [0, 0.1) is 5.92 Å². The van der Waals surface area contributed by atoms with Gasteiger partial charge in [-0.15, -0.1) is 0 Å². The van der Waals surface area contributed by atoms with Gasteiger partial charge in [0.2, 0.25) is 0 Å². The van der Waals surface area contributed by atoms with E-state index >= 15 is 0 Å². The van der Waals surface area contributed by atoms with Gasteiger partial charge in [-0.25, -0.2) is 9.97 Å². The van der Waals surface area contributed by atoms with Crippen molar-refractivity contribution in [2.45, 2.75) is 25.7 Å². The van der Waals surface area contributed by atoms with Gasteiger partial charge in [0.25, 0.3) is 0 Å². The molecular weight excluding hydrogens is 270 g/mol. The van der Waals surface area contributed by atoms with E-state index in [1.165, 1.54) is 25.7 Å². The number of benzene rings is 1. The van der Waals surface area contributed by atoms with Crippen LogP contribution >= 0.6 is 11.6 Å². The maximum absolute atomic E-state index is 6.09. The van der Waals surface area contributed by atoms with Crippen molar-refractivity contribution in [2.24, 2.45) is 5.92 Å². The molecule has 1 heterocycles. The molecule has 1 N–H and O–H groups in total. The number of hydrogen-bond donors (Lipinski definition) is 1. The zero-order chi connectivity index (χ0) is 13.8. The van der Waals surface area contributed by atoms with Crippen LogP contribution < -0.4 is 5.32 Å². The molecule has 104 valence electrons. The third-order valence-electron chi connectivity index (χ3n) is 3.81. The SMILES string of the molecule is Clc1cc(NCCC2CCC2)nc(-c2ccccc2)n1. The van der Waals surface area contributed by atoms with Crippen LogP contribution in [-0.2, 0) is 0 Å². The Labute approximate surface area is 124 Å². The average molecular weight is 288 g/mol. The summed E-state index contributed by atoms with van der Waals surface area (Å²) in [7, 11) is 0. The van der Waals surface area contributed by atoms with Gasteiger partial charge in [-0.3, -0.25) is 0 Å². The summed E-state index contributed by atoms with van der Waals surface area (Å²) in [5.41, 5.74) is 0.983. The van der Waals surface area contributed by atoms with E-state index in [2.05, 4.69) is 15.3 Å². The van der Waals surface area contributed by atoms with Gasteiger partial charge in [0.1, 0.15) is 11.0 Å². The van der Waals surface area contributed by atoms with Gasteiger partial charge in [-0.1, -0.05) is 61.2 Å². The first-order valence-corrected chi connectivity index (χ1v) is 7.53. The molecule has 1 aliphatic rings. The molecule has 2 aromatic rings. The Morgan fingerprint density at radius 1 is 1.15 bits per heavy atom. The lowest BCUT2D eigenvalue weighted by Gasteiger charge is -2.25. The average Bonchev–Trinajstić information content (AvgIpc) is 2.42. The van der Waals surface area contributed by atoms with E-state index < -0.39 is 0 Å². The molecule has 3 rings (SSSR count). The fourth-order valence-electron chi connectivity index (χ4n) is 2.41. The van der Waals surface area contributed by atoms with Gasteiger partial charge in [-0.05, 0) is 12.3 Å². The highest BCUT2D eigenvalue weighted by atomic mass is 35.5. The predicted octanol–water partition coefficient (Wildman–Crippen LogP) is 4.40. The monoisotopic (exact) mass is 287 g/mol. The van der Waals surface area contributed by atoms with Crippen molar-refractivity contribution in [3.05, 3.63) is 41.6 Å². The minimum Gasteiger partial charge on any atom is -0.370 e. The van der Waals surface area contributed by atoms with Crippen LogP contribution in [0.1, 0.15) is 25.7 Å². The Morgan fingerprint density at radius 2 is 1.95 bits per heavy atom. The van der Waals surface area contributed by atoms with Crippen molar-refractivity contribution in [3.8, 4) is 11.4 Å². The summed E-state index contributed by atoms with van der Waals surface area (Å²) < 4.78 is 0. The van der Waals surface area contributed by atoms with Crippen LogP contribution in [0.3, 0.4) is 0 Å². The highest BCUT2D eigenvalue weighted by Gasteiger charge is 2.16. The molecule has 20 heavy (non-hydrogen) atoms. The second kappa shape index (κ2) is 6.23. The smallest absolute Gasteiger partial charge is 0.163 e. The van der Waals surface area contributed by atoms with Crippen LogP contribution in [0.5, 0.6) is 0 Å². The van der Waals surface area contributed by atoms with E-state index in [0.717, 1.165) is 23.8 Å². The summed E-state index contributed by atoms with van der Waals surface area (Å²) in [4.78, 5) is 8.83. The van der Waals surface area contributed by atoms with E-state index in [1.807, 2.05) is 30.3 Å². The molecule has 0 unspecified atom stereocenters. The summed E-state index contributed by atoms with van der Waals surface area (Å²) in [6, 6.07) is 11.7. The molecule has 0 saturated heterocycles. The number of aromatic nitrogens is 2. The van der Waals surface area contributed by atoms with Gasteiger partial charge in [0.05, 0.1) is 0 Å². The third kappa shape index (κ3) is 3.28. The van der Waals surface area contributed by atoms with Crippen molar-refractivity contribution < 1.29 is 0 Å². The van der Waals surface area contributed by atoms with Gasteiger partial charge < -0.3 is 5.32 Å².